The minimum Gasteiger partial charge on any atom is -0.503 e. The molecule has 2 aromatic heterocycles. The molecule has 0 saturated heterocycles. The molecule has 8 heteroatoms. The third kappa shape index (κ3) is 3.49. The maximum absolute atomic E-state index is 13.3. The van der Waals surface area contributed by atoms with E-state index in [1.807, 2.05) is 6.07 Å². The Morgan fingerprint density at radius 2 is 2.14 bits per heavy atom. The quantitative estimate of drug-likeness (QED) is 0.415. The number of hydrogen-bond donors (Lipinski definition) is 1. The summed E-state index contributed by atoms with van der Waals surface area (Å²) in [6.45, 7) is 0.739. The second kappa shape index (κ2) is 7.88. The molecule has 1 atom stereocenters. The summed E-state index contributed by atoms with van der Waals surface area (Å²) in [7, 11) is 1.57. The molecule has 0 aliphatic carbocycles. The highest BCUT2D eigenvalue weighted by Gasteiger charge is 2.45. The lowest BCUT2D eigenvalue weighted by molar-refractivity contribution is -0.129. The van der Waals surface area contributed by atoms with E-state index in [0.717, 1.165) is 9.86 Å². The number of ether oxygens (including phenoxy) is 1. The van der Waals surface area contributed by atoms with Crippen molar-refractivity contribution in [1.29, 1.82) is 0 Å². The molecule has 1 aliphatic rings. The molecule has 4 rings (SSSR count). The van der Waals surface area contributed by atoms with Crippen molar-refractivity contribution in [2.24, 2.45) is 0 Å². The SMILES string of the molecule is COCCCN1C(=O)C(O)=C(C(=O)c2cc3cc(Br)ccc3o2)C1c1ccco1. The maximum atomic E-state index is 13.3. The number of rotatable bonds is 7. The Morgan fingerprint density at radius 1 is 1.31 bits per heavy atom. The standard InChI is InChI=1S/C21H18BrNO6/c1-27-8-3-7-23-18(15-4-2-9-28-15)17(20(25)21(23)26)19(24)16-11-12-10-13(22)5-6-14(12)29-16/h2,4-6,9-11,18,25H,3,7-8H2,1H3. The number of benzene rings is 1. The number of fused-ring (bicyclic) bond motifs is 1. The highest BCUT2D eigenvalue weighted by atomic mass is 79.9. The Kier molecular flexibility index (Phi) is 5.29. The number of hydrogen-bond acceptors (Lipinski definition) is 6. The Morgan fingerprint density at radius 3 is 2.86 bits per heavy atom. The van der Waals surface area contributed by atoms with Crippen molar-refractivity contribution in [3.63, 3.8) is 0 Å². The normalized spacial score (nSPS) is 17.0. The number of carbonyl (C=O) groups excluding carboxylic acids is 2. The minimum absolute atomic E-state index is 0.0442. The van der Waals surface area contributed by atoms with Gasteiger partial charge in [0.15, 0.2) is 11.5 Å². The van der Waals surface area contributed by atoms with Crippen LogP contribution in [0.4, 0.5) is 0 Å². The molecule has 0 saturated carbocycles. The predicted molar refractivity (Wildman–Crippen MR) is 108 cm³/mol. The first-order chi connectivity index (χ1) is 14.0. The first-order valence-electron chi connectivity index (χ1n) is 9.01. The van der Waals surface area contributed by atoms with Gasteiger partial charge in [-0.25, -0.2) is 0 Å². The zero-order valence-corrected chi connectivity index (χ0v) is 17.1. The van der Waals surface area contributed by atoms with E-state index in [9.17, 15) is 14.7 Å². The fourth-order valence-electron chi connectivity index (χ4n) is 3.50. The van der Waals surface area contributed by atoms with Crippen LogP contribution in [0.3, 0.4) is 0 Å². The van der Waals surface area contributed by atoms with Crippen LogP contribution in [0.25, 0.3) is 11.0 Å². The van der Waals surface area contributed by atoms with Gasteiger partial charge < -0.3 is 23.6 Å². The highest BCUT2D eigenvalue weighted by molar-refractivity contribution is 9.10. The lowest BCUT2D eigenvalue weighted by Crippen LogP contribution is -2.32. The largest absolute Gasteiger partial charge is 0.503 e. The summed E-state index contributed by atoms with van der Waals surface area (Å²) in [5, 5.41) is 11.3. The van der Waals surface area contributed by atoms with Crippen LogP contribution in [0.2, 0.25) is 0 Å². The van der Waals surface area contributed by atoms with Crippen molar-refractivity contribution < 1.29 is 28.3 Å². The van der Waals surface area contributed by atoms with Gasteiger partial charge in [0.1, 0.15) is 17.4 Å². The van der Waals surface area contributed by atoms with Crippen LogP contribution in [-0.4, -0.2) is 42.0 Å². The van der Waals surface area contributed by atoms with Crippen LogP contribution < -0.4 is 0 Å². The summed E-state index contributed by atoms with van der Waals surface area (Å²) in [6, 6.07) is 9.48. The van der Waals surface area contributed by atoms with Crippen LogP contribution >= 0.6 is 15.9 Å². The molecule has 1 N–H and O–H groups in total. The third-order valence-electron chi connectivity index (χ3n) is 4.81. The second-order valence-corrected chi connectivity index (χ2v) is 7.56. The molecule has 0 radical (unpaired) electrons. The van der Waals surface area contributed by atoms with Crippen molar-refractivity contribution in [2.75, 3.05) is 20.3 Å². The number of carbonyl (C=O) groups is 2. The number of halogens is 1. The maximum Gasteiger partial charge on any atom is 0.290 e. The van der Waals surface area contributed by atoms with Crippen LogP contribution in [-0.2, 0) is 9.53 Å². The molecular weight excluding hydrogens is 442 g/mol. The number of amides is 1. The van der Waals surface area contributed by atoms with Gasteiger partial charge in [-0.05, 0) is 42.8 Å². The monoisotopic (exact) mass is 459 g/mol. The van der Waals surface area contributed by atoms with Gasteiger partial charge in [0.05, 0.1) is 11.8 Å². The molecule has 1 aliphatic heterocycles. The van der Waals surface area contributed by atoms with Crippen molar-refractivity contribution >= 4 is 38.6 Å². The molecule has 0 bridgehead atoms. The zero-order chi connectivity index (χ0) is 20.5. The van der Waals surface area contributed by atoms with E-state index in [1.54, 1.807) is 37.4 Å². The number of aliphatic hydroxyl groups excluding tert-OH is 1. The van der Waals surface area contributed by atoms with Crippen molar-refractivity contribution in [2.45, 2.75) is 12.5 Å². The van der Waals surface area contributed by atoms with Gasteiger partial charge in [-0.1, -0.05) is 15.9 Å². The number of furan rings is 2. The molecule has 3 heterocycles. The van der Waals surface area contributed by atoms with Gasteiger partial charge in [0, 0.05) is 30.1 Å². The van der Waals surface area contributed by atoms with Gasteiger partial charge in [-0.3, -0.25) is 9.59 Å². The van der Waals surface area contributed by atoms with Crippen LogP contribution in [0.5, 0.6) is 0 Å². The fourth-order valence-corrected chi connectivity index (χ4v) is 3.88. The van der Waals surface area contributed by atoms with E-state index in [2.05, 4.69) is 15.9 Å². The summed E-state index contributed by atoms with van der Waals surface area (Å²) in [4.78, 5) is 27.4. The summed E-state index contributed by atoms with van der Waals surface area (Å²) < 4.78 is 17.1. The molecule has 0 fully saturated rings. The van der Waals surface area contributed by atoms with E-state index in [4.69, 9.17) is 13.6 Å². The minimum atomic E-state index is -0.832. The van der Waals surface area contributed by atoms with Crippen molar-refractivity contribution in [1.82, 2.24) is 4.90 Å². The Balaban J connectivity index is 1.74. The van der Waals surface area contributed by atoms with Gasteiger partial charge >= 0.3 is 0 Å². The van der Waals surface area contributed by atoms with Gasteiger partial charge in [-0.15, -0.1) is 0 Å². The number of Topliss-reactive ketones (excluding diaryl/α,β-unsaturated/α-hetero) is 1. The molecule has 150 valence electrons. The van der Waals surface area contributed by atoms with Gasteiger partial charge in [0.25, 0.3) is 5.91 Å². The smallest absolute Gasteiger partial charge is 0.290 e. The van der Waals surface area contributed by atoms with E-state index in [-0.39, 0.29) is 11.3 Å². The first kappa shape index (κ1) is 19.5. The Bertz CT molecular complexity index is 1100. The van der Waals surface area contributed by atoms with E-state index in [0.29, 0.717) is 30.9 Å². The third-order valence-corrected chi connectivity index (χ3v) is 5.30. The van der Waals surface area contributed by atoms with Gasteiger partial charge in [0.2, 0.25) is 5.78 Å². The van der Waals surface area contributed by atoms with Crippen molar-refractivity contribution in [3.8, 4) is 0 Å². The molecule has 29 heavy (non-hydrogen) atoms. The molecule has 0 spiro atoms. The molecule has 7 nitrogen and oxygen atoms in total. The summed E-state index contributed by atoms with van der Waals surface area (Å²) in [5.74, 6) is -1.33. The first-order valence-corrected chi connectivity index (χ1v) is 9.80. The Hall–Kier alpha value is -2.84. The zero-order valence-electron chi connectivity index (χ0n) is 15.6. The van der Waals surface area contributed by atoms with E-state index in [1.165, 1.54) is 11.2 Å². The molecular formula is C21H18BrNO6. The summed E-state index contributed by atoms with van der Waals surface area (Å²) >= 11 is 3.39. The lowest BCUT2D eigenvalue weighted by atomic mass is 9.99. The van der Waals surface area contributed by atoms with E-state index < -0.39 is 23.5 Å². The van der Waals surface area contributed by atoms with Crippen LogP contribution in [0, 0.1) is 0 Å². The number of aliphatic hydroxyl groups is 1. The van der Waals surface area contributed by atoms with Crippen LogP contribution in [0.15, 0.2) is 67.3 Å². The summed E-state index contributed by atoms with van der Waals surface area (Å²) in [5.41, 5.74) is 0.480. The average molecular weight is 460 g/mol. The lowest BCUT2D eigenvalue weighted by Gasteiger charge is -2.24. The predicted octanol–water partition coefficient (Wildman–Crippen LogP) is 4.40. The second-order valence-electron chi connectivity index (χ2n) is 6.65. The number of methoxy groups -OCH3 is 1. The van der Waals surface area contributed by atoms with E-state index >= 15 is 0 Å². The summed E-state index contributed by atoms with van der Waals surface area (Å²) in [6.07, 6.45) is 2.01. The molecule has 1 unspecified atom stereocenters. The van der Waals surface area contributed by atoms with Crippen LogP contribution in [0.1, 0.15) is 28.8 Å². The highest BCUT2D eigenvalue weighted by Crippen LogP contribution is 2.40. The molecule has 1 aromatic carbocycles. The number of nitrogens with zero attached hydrogens (tertiary/aromatic N) is 1. The number of ketones is 1. The molecule has 3 aromatic rings. The van der Waals surface area contributed by atoms with Crippen molar-refractivity contribution in [3.05, 3.63) is 70.0 Å². The Labute approximate surface area is 174 Å². The fraction of sp³-hybridized carbons (Fsp3) is 0.238. The van der Waals surface area contributed by atoms with Gasteiger partial charge in [-0.2, -0.15) is 0 Å². The molecule has 1 amide bonds. The average Bonchev–Trinajstić information content (AvgIpc) is 3.42. The topological polar surface area (TPSA) is 93.1 Å².